The molecule has 0 fully saturated rings. The van der Waals surface area contributed by atoms with Gasteiger partial charge in [0.25, 0.3) is 0 Å². The van der Waals surface area contributed by atoms with Crippen molar-refractivity contribution >= 4 is 21.8 Å². The van der Waals surface area contributed by atoms with E-state index in [0.29, 0.717) is 12.2 Å². The first-order valence-electron chi connectivity index (χ1n) is 5.62. The minimum atomic E-state index is -3.47. The average Bonchev–Trinajstić information content (AvgIpc) is 2.35. The van der Waals surface area contributed by atoms with Crippen molar-refractivity contribution in [2.75, 3.05) is 11.5 Å². The van der Waals surface area contributed by atoms with Crippen LogP contribution < -0.4 is 4.72 Å². The van der Waals surface area contributed by atoms with E-state index in [2.05, 4.69) is 4.72 Å². The molecule has 0 heterocycles. The molecule has 0 saturated carbocycles. The van der Waals surface area contributed by atoms with Gasteiger partial charge in [-0.25, -0.2) is 13.1 Å². The van der Waals surface area contributed by atoms with Crippen molar-refractivity contribution in [2.45, 2.75) is 24.3 Å². The van der Waals surface area contributed by atoms with Gasteiger partial charge in [0.05, 0.1) is 6.07 Å². The molecule has 0 radical (unpaired) electrons. The Morgan fingerprint density at radius 3 is 2.61 bits per heavy atom. The normalized spacial score (nSPS) is 12.9. The summed E-state index contributed by atoms with van der Waals surface area (Å²) >= 11 is 1.60. The second kappa shape index (κ2) is 7.41. The molecule has 0 aliphatic heterocycles. The summed E-state index contributed by atoms with van der Waals surface area (Å²) in [5.74, 6) is 0.171. The first-order valence-corrected chi connectivity index (χ1v) is 8.26. The molecule has 18 heavy (non-hydrogen) atoms. The Morgan fingerprint density at radius 2 is 2.06 bits per heavy atom. The van der Waals surface area contributed by atoms with Crippen LogP contribution in [0.2, 0.25) is 0 Å². The molecule has 0 aliphatic rings. The van der Waals surface area contributed by atoms with Gasteiger partial charge >= 0.3 is 0 Å². The van der Waals surface area contributed by atoms with Crippen LogP contribution in [0.15, 0.2) is 35.2 Å². The average molecular weight is 284 g/mol. The zero-order valence-corrected chi connectivity index (χ0v) is 11.8. The van der Waals surface area contributed by atoms with Gasteiger partial charge in [0.15, 0.2) is 5.75 Å². The van der Waals surface area contributed by atoms with E-state index >= 15 is 0 Å². The van der Waals surface area contributed by atoms with E-state index in [9.17, 15) is 8.42 Å². The van der Waals surface area contributed by atoms with E-state index in [1.807, 2.05) is 37.3 Å². The predicted octanol–water partition coefficient (Wildman–Crippen LogP) is 2.00. The third-order valence-electron chi connectivity index (χ3n) is 2.29. The second-order valence-electron chi connectivity index (χ2n) is 3.76. The second-order valence-corrected chi connectivity index (χ2v) is 6.61. The Bertz CT molecular complexity index is 495. The molecule has 0 bridgehead atoms. The molecule has 1 aromatic rings. The zero-order valence-electron chi connectivity index (χ0n) is 10.2. The van der Waals surface area contributed by atoms with Crippen LogP contribution in [0.25, 0.3) is 0 Å². The molecular weight excluding hydrogens is 268 g/mol. The maximum atomic E-state index is 11.5. The van der Waals surface area contributed by atoms with Gasteiger partial charge in [-0.3, -0.25) is 0 Å². The standard InChI is InChI=1S/C12H16N2O2S2/c1-2-11(14-18(15,16)9-8-13)10-17-12-6-4-3-5-7-12/h3-7,11,14H,2,9-10H2,1H3. The molecule has 0 aromatic heterocycles. The molecule has 1 N–H and O–H groups in total. The summed E-state index contributed by atoms with van der Waals surface area (Å²) in [6, 6.07) is 11.3. The van der Waals surface area contributed by atoms with Crippen LogP contribution in [0, 0.1) is 11.3 Å². The van der Waals surface area contributed by atoms with Crippen molar-refractivity contribution in [3.05, 3.63) is 30.3 Å². The summed E-state index contributed by atoms with van der Waals surface area (Å²) < 4.78 is 25.5. The molecule has 1 rings (SSSR count). The van der Waals surface area contributed by atoms with Crippen molar-refractivity contribution in [2.24, 2.45) is 0 Å². The molecule has 1 unspecified atom stereocenters. The molecule has 6 heteroatoms. The molecule has 0 saturated heterocycles. The van der Waals surface area contributed by atoms with E-state index in [1.54, 1.807) is 17.8 Å². The molecule has 1 aromatic carbocycles. The van der Waals surface area contributed by atoms with Gasteiger partial charge in [-0.15, -0.1) is 11.8 Å². The third-order valence-corrected chi connectivity index (χ3v) is 4.66. The minimum Gasteiger partial charge on any atom is -0.211 e. The fourth-order valence-corrected chi connectivity index (χ4v) is 3.51. The number of benzene rings is 1. The van der Waals surface area contributed by atoms with Gasteiger partial charge in [-0.2, -0.15) is 5.26 Å². The molecular formula is C12H16N2O2S2. The van der Waals surface area contributed by atoms with Gasteiger partial charge in [-0.05, 0) is 18.6 Å². The number of sulfonamides is 1. The number of rotatable bonds is 7. The molecule has 0 aliphatic carbocycles. The fraction of sp³-hybridized carbons (Fsp3) is 0.417. The Labute approximate surface area is 112 Å². The van der Waals surface area contributed by atoms with E-state index in [-0.39, 0.29) is 6.04 Å². The lowest BCUT2D eigenvalue weighted by Gasteiger charge is -2.15. The summed E-state index contributed by atoms with van der Waals surface area (Å²) in [4.78, 5) is 1.11. The largest absolute Gasteiger partial charge is 0.225 e. The lowest BCUT2D eigenvalue weighted by Crippen LogP contribution is -2.37. The maximum absolute atomic E-state index is 11.5. The number of nitriles is 1. The van der Waals surface area contributed by atoms with Gasteiger partial charge in [0.2, 0.25) is 10.0 Å². The lowest BCUT2D eigenvalue weighted by atomic mass is 10.3. The number of hydrogen-bond donors (Lipinski definition) is 1. The van der Waals surface area contributed by atoms with Crippen molar-refractivity contribution in [3.63, 3.8) is 0 Å². The summed E-state index contributed by atoms with van der Waals surface area (Å²) in [6.45, 7) is 1.92. The summed E-state index contributed by atoms with van der Waals surface area (Å²) in [6.07, 6.45) is 0.699. The Balaban J connectivity index is 2.51. The monoisotopic (exact) mass is 284 g/mol. The van der Waals surface area contributed by atoms with E-state index in [0.717, 1.165) is 4.90 Å². The number of thioether (sulfide) groups is 1. The zero-order chi connectivity index (χ0) is 13.4. The van der Waals surface area contributed by atoms with Crippen LogP contribution in [0.1, 0.15) is 13.3 Å². The molecule has 0 spiro atoms. The highest BCUT2D eigenvalue weighted by atomic mass is 32.2. The maximum Gasteiger partial charge on any atom is 0.225 e. The molecule has 1 atom stereocenters. The molecule has 0 amide bonds. The quantitative estimate of drug-likeness (QED) is 0.777. The first kappa shape index (κ1) is 15.0. The minimum absolute atomic E-state index is 0.145. The molecule has 98 valence electrons. The van der Waals surface area contributed by atoms with Crippen LogP contribution in [-0.4, -0.2) is 26.0 Å². The third kappa shape index (κ3) is 5.54. The van der Waals surface area contributed by atoms with Gasteiger partial charge in [0, 0.05) is 16.7 Å². The van der Waals surface area contributed by atoms with E-state index in [1.165, 1.54) is 0 Å². The van der Waals surface area contributed by atoms with Crippen LogP contribution >= 0.6 is 11.8 Å². The first-order chi connectivity index (χ1) is 8.57. The SMILES string of the molecule is CCC(CSc1ccccc1)NS(=O)(=O)CC#N. The van der Waals surface area contributed by atoms with E-state index < -0.39 is 15.8 Å². The van der Waals surface area contributed by atoms with Crippen molar-refractivity contribution in [1.82, 2.24) is 4.72 Å². The highest BCUT2D eigenvalue weighted by Gasteiger charge is 2.16. The Hall–Kier alpha value is -1.03. The molecule has 4 nitrogen and oxygen atoms in total. The number of nitrogens with one attached hydrogen (secondary N) is 1. The number of nitrogens with zero attached hydrogens (tertiary/aromatic N) is 1. The highest BCUT2D eigenvalue weighted by molar-refractivity contribution is 7.99. The van der Waals surface area contributed by atoms with Crippen molar-refractivity contribution < 1.29 is 8.42 Å². The summed E-state index contributed by atoms with van der Waals surface area (Å²) in [7, 11) is -3.47. The van der Waals surface area contributed by atoms with Crippen LogP contribution in [-0.2, 0) is 10.0 Å². The van der Waals surface area contributed by atoms with Crippen molar-refractivity contribution in [3.8, 4) is 6.07 Å². The van der Waals surface area contributed by atoms with Crippen molar-refractivity contribution in [1.29, 1.82) is 5.26 Å². The summed E-state index contributed by atoms with van der Waals surface area (Å²) in [5, 5.41) is 8.42. The van der Waals surface area contributed by atoms with E-state index in [4.69, 9.17) is 5.26 Å². The predicted molar refractivity (Wildman–Crippen MR) is 73.8 cm³/mol. The van der Waals surface area contributed by atoms with Gasteiger partial charge in [0.1, 0.15) is 0 Å². The number of hydrogen-bond acceptors (Lipinski definition) is 4. The highest BCUT2D eigenvalue weighted by Crippen LogP contribution is 2.18. The van der Waals surface area contributed by atoms with Crippen LogP contribution in [0.3, 0.4) is 0 Å². The summed E-state index contributed by atoms with van der Waals surface area (Å²) in [5.41, 5.74) is 0. The smallest absolute Gasteiger partial charge is 0.211 e. The Morgan fingerprint density at radius 1 is 1.39 bits per heavy atom. The Kier molecular flexibility index (Phi) is 6.19. The van der Waals surface area contributed by atoms with Gasteiger partial charge in [-0.1, -0.05) is 25.1 Å². The lowest BCUT2D eigenvalue weighted by molar-refractivity contribution is 0.561. The van der Waals surface area contributed by atoms with Crippen LogP contribution in [0.4, 0.5) is 0 Å². The van der Waals surface area contributed by atoms with Crippen LogP contribution in [0.5, 0.6) is 0 Å². The topological polar surface area (TPSA) is 70.0 Å². The fourth-order valence-electron chi connectivity index (χ4n) is 1.33. The van der Waals surface area contributed by atoms with Gasteiger partial charge < -0.3 is 0 Å².